The van der Waals surface area contributed by atoms with Gasteiger partial charge in [-0.2, -0.15) is 13.2 Å². The van der Waals surface area contributed by atoms with Gasteiger partial charge in [0.1, 0.15) is 0 Å². The van der Waals surface area contributed by atoms with Gasteiger partial charge in [-0.3, -0.25) is 4.79 Å². The average molecular weight is 465 g/mol. The molecule has 1 aliphatic heterocycles. The summed E-state index contributed by atoms with van der Waals surface area (Å²) in [6.07, 6.45) is 1.65. The van der Waals surface area contributed by atoms with Crippen LogP contribution in [0.25, 0.3) is 10.9 Å². The summed E-state index contributed by atoms with van der Waals surface area (Å²) < 4.78 is 39.8. The molecule has 1 N–H and O–H groups in total. The van der Waals surface area contributed by atoms with Crippen LogP contribution in [-0.2, 0) is 16.7 Å². The van der Waals surface area contributed by atoms with Crippen molar-refractivity contribution in [1.29, 1.82) is 0 Å². The molecule has 0 radical (unpaired) electrons. The number of carbonyl (C=O) groups excluding carboxylic acids is 1. The van der Waals surface area contributed by atoms with Crippen molar-refractivity contribution in [3.05, 3.63) is 82.5 Å². The zero-order valence-electron chi connectivity index (χ0n) is 16.5. The average Bonchev–Trinajstić information content (AvgIpc) is 3.16. The molecule has 0 bridgehead atoms. The van der Waals surface area contributed by atoms with E-state index in [9.17, 15) is 18.0 Å². The number of aromatic amines is 1. The molecule has 3 nitrogen and oxygen atoms in total. The number of halogens is 4. The van der Waals surface area contributed by atoms with Gasteiger partial charge < -0.3 is 9.88 Å². The first-order valence-corrected chi connectivity index (χ1v) is 11.3. The van der Waals surface area contributed by atoms with Crippen LogP contribution in [0.1, 0.15) is 29.2 Å². The summed E-state index contributed by atoms with van der Waals surface area (Å²) >= 11 is 7.26. The molecule has 3 aromatic rings. The molecule has 1 aliphatic rings. The number of thioether (sulfide) groups is 1. The highest BCUT2D eigenvalue weighted by Gasteiger charge is 2.35. The van der Waals surface area contributed by atoms with Gasteiger partial charge in [0.15, 0.2) is 0 Å². The maximum absolute atomic E-state index is 13.3. The summed E-state index contributed by atoms with van der Waals surface area (Å²) in [5, 5.41) is 0.789. The summed E-state index contributed by atoms with van der Waals surface area (Å²) in [6, 6.07) is 11.4. The first-order valence-electron chi connectivity index (χ1n) is 9.78. The molecular formula is C23H20ClF3N2OS. The first kappa shape index (κ1) is 21.8. The first-order chi connectivity index (χ1) is 14.8. The van der Waals surface area contributed by atoms with Crippen LogP contribution in [0.3, 0.4) is 0 Å². The van der Waals surface area contributed by atoms with Crippen molar-refractivity contribution in [1.82, 2.24) is 9.88 Å². The summed E-state index contributed by atoms with van der Waals surface area (Å²) in [5.74, 6) is 0.829. The summed E-state index contributed by atoms with van der Waals surface area (Å²) in [5.41, 5.74) is 1.74. The van der Waals surface area contributed by atoms with Gasteiger partial charge in [0, 0.05) is 29.4 Å². The van der Waals surface area contributed by atoms with E-state index in [-0.39, 0.29) is 16.7 Å². The molecule has 4 rings (SSSR count). The Hall–Kier alpha value is -2.38. The Morgan fingerprint density at radius 1 is 1.19 bits per heavy atom. The van der Waals surface area contributed by atoms with Gasteiger partial charge in [-0.25, -0.2) is 0 Å². The molecule has 31 heavy (non-hydrogen) atoms. The summed E-state index contributed by atoms with van der Waals surface area (Å²) in [4.78, 5) is 17.8. The minimum Gasteiger partial charge on any atom is -0.361 e. The van der Waals surface area contributed by atoms with Crippen LogP contribution in [0, 0.1) is 0 Å². The van der Waals surface area contributed by atoms with E-state index in [2.05, 4.69) is 4.98 Å². The Labute approximate surface area is 187 Å². The number of hydrogen-bond acceptors (Lipinski definition) is 2. The number of alkyl halides is 3. The largest absolute Gasteiger partial charge is 0.417 e. The van der Waals surface area contributed by atoms with Gasteiger partial charge in [-0.1, -0.05) is 48.0 Å². The topological polar surface area (TPSA) is 36.1 Å². The van der Waals surface area contributed by atoms with E-state index in [4.69, 9.17) is 11.6 Å². The van der Waals surface area contributed by atoms with Crippen LogP contribution >= 0.6 is 23.4 Å². The molecule has 8 heteroatoms. The molecule has 1 amide bonds. The number of carbonyl (C=O) groups is 1. The standard InChI is InChI=1S/C23H20ClF3N2OS/c24-19-9-8-15(11-18(19)23(25,26)27)21-7-3-4-10-29(21)22(30)14-31-13-16-12-28-20-6-2-1-5-17(16)20/h1-6,8-9,11-12,21,28H,7,10,13-14H2. The third kappa shape index (κ3) is 4.77. The zero-order valence-corrected chi connectivity index (χ0v) is 18.0. The number of hydrogen-bond donors (Lipinski definition) is 1. The molecule has 0 saturated heterocycles. The molecule has 162 valence electrons. The van der Waals surface area contributed by atoms with Crippen molar-refractivity contribution in [2.75, 3.05) is 12.3 Å². The monoisotopic (exact) mass is 464 g/mol. The molecule has 0 fully saturated rings. The Bertz CT molecular complexity index is 1130. The van der Waals surface area contributed by atoms with Gasteiger partial charge in [0.2, 0.25) is 5.91 Å². The highest BCUT2D eigenvalue weighted by Crippen LogP contribution is 2.38. The maximum atomic E-state index is 13.3. The molecule has 1 atom stereocenters. The van der Waals surface area contributed by atoms with E-state index in [1.807, 2.05) is 42.6 Å². The molecule has 1 aromatic heterocycles. The normalized spacial score (nSPS) is 16.8. The highest BCUT2D eigenvalue weighted by molar-refractivity contribution is 7.99. The van der Waals surface area contributed by atoms with Crippen molar-refractivity contribution >= 4 is 40.2 Å². The van der Waals surface area contributed by atoms with Crippen molar-refractivity contribution in [3.63, 3.8) is 0 Å². The van der Waals surface area contributed by atoms with E-state index >= 15 is 0 Å². The molecule has 0 saturated carbocycles. The van der Waals surface area contributed by atoms with Crippen LogP contribution in [0.2, 0.25) is 5.02 Å². The Balaban J connectivity index is 1.46. The fourth-order valence-electron chi connectivity index (χ4n) is 3.81. The number of aromatic nitrogens is 1. The van der Waals surface area contributed by atoms with Crippen molar-refractivity contribution in [2.24, 2.45) is 0 Å². The number of nitrogens with one attached hydrogen (secondary N) is 1. The van der Waals surface area contributed by atoms with E-state index in [1.54, 1.807) is 11.0 Å². The molecule has 0 spiro atoms. The Kier molecular flexibility index (Phi) is 6.34. The Morgan fingerprint density at radius 2 is 2.00 bits per heavy atom. The maximum Gasteiger partial charge on any atom is 0.417 e. The van der Waals surface area contributed by atoms with Gasteiger partial charge in [0.25, 0.3) is 0 Å². The number of benzene rings is 2. The number of rotatable bonds is 5. The molecule has 2 aromatic carbocycles. The lowest BCUT2D eigenvalue weighted by atomic mass is 9.97. The van der Waals surface area contributed by atoms with Crippen molar-refractivity contribution < 1.29 is 18.0 Å². The fraction of sp³-hybridized carbons (Fsp3) is 0.261. The second-order valence-electron chi connectivity index (χ2n) is 7.36. The van der Waals surface area contributed by atoms with Gasteiger partial charge >= 0.3 is 6.18 Å². The highest BCUT2D eigenvalue weighted by atomic mass is 35.5. The van der Waals surface area contributed by atoms with Crippen LogP contribution in [0.4, 0.5) is 13.2 Å². The smallest absolute Gasteiger partial charge is 0.361 e. The van der Waals surface area contributed by atoms with Gasteiger partial charge in [-0.15, -0.1) is 11.8 Å². The predicted molar refractivity (Wildman–Crippen MR) is 119 cm³/mol. The lowest BCUT2D eigenvalue weighted by Gasteiger charge is -2.34. The van der Waals surface area contributed by atoms with Crippen LogP contribution in [-0.4, -0.2) is 28.1 Å². The minimum atomic E-state index is -4.54. The van der Waals surface area contributed by atoms with E-state index in [0.717, 1.165) is 22.5 Å². The number of amides is 1. The van der Waals surface area contributed by atoms with Gasteiger partial charge in [0.05, 0.1) is 22.4 Å². The lowest BCUT2D eigenvalue weighted by Crippen LogP contribution is -2.38. The van der Waals surface area contributed by atoms with E-state index in [0.29, 0.717) is 24.3 Å². The summed E-state index contributed by atoms with van der Waals surface area (Å²) in [7, 11) is 0. The second-order valence-corrected chi connectivity index (χ2v) is 8.75. The van der Waals surface area contributed by atoms with E-state index in [1.165, 1.54) is 17.8 Å². The van der Waals surface area contributed by atoms with E-state index < -0.39 is 17.8 Å². The third-order valence-electron chi connectivity index (χ3n) is 5.36. The van der Waals surface area contributed by atoms with Crippen LogP contribution in [0.15, 0.2) is 60.8 Å². The Morgan fingerprint density at radius 3 is 2.81 bits per heavy atom. The SMILES string of the molecule is O=C(CSCc1c[nH]c2ccccc12)N1CC=CCC1c1ccc(Cl)c(C(F)(F)F)c1. The quantitative estimate of drug-likeness (QED) is 0.431. The van der Waals surface area contributed by atoms with Gasteiger partial charge in [-0.05, 0) is 35.7 Å². The van der Waals surface area contributed by atoms with Crippen LogP contribution < -0.4 is 0 Å². The summed E-state index contributed by atoms with van der Waals surface area (Å²) in [6.45, 7) is 0.376. The number of para-hydroxylation sites is 1. The second kappa shape index (κ2) is 9.01. The number of nitrogens with zero attached hydrogens (tertiary/aromatic N) is 1. The van der Waals surface area contributed by atoms with Crippen LogP contribution in [0.5, 0.6) is 0 Å². The third-order valence-corrected chi connectivity index (χ3v) is 6.66. The molecule has 0 aliphatic carbocycles. The van der Waals surface area contributed by atoms with Crippen molar-refractivity contribution in [2.45, 2.75) is 24.4 Å². The molecular weight excluding hydrogens is 445 g/mol. The fourth-order valence-corrected chi connectivity index (χ4v) is 4.93. The zero-order chi connectivity index (χ0) is 22.0. The predicted octanol–water partition coefficient (Wildman–Crippen LogP) is 6.60. The number of fused-ring (bicyclic) bond motifs is 1. The molecule has 1 unspecified atom stereocenters. The minimum absolute atomic E-state index is 0.0947. The molecule has 2 heterocycles. The van der Waals surface area contributed by atoms with Crippen molar-refractivity contribution in [3.8, 4) is 0 Å². The lowest BCUT2D eigenvalue weighted by molar-refractivity contribution is -0.137. The number of H-pyrrole nitrogens is 1.